The number of hydrogen-bond acceptors (Lipinski definition) is 9. The van der Waals surface area contributed by atoms with Gasteiger partial charge < -0.3 is 18.6 Å². The van der Waals surface area contributed by atoms with Crippen molar-refractivity contribution in [3.05, 3.63) is 72.8 Å². The van der Waals surface area contributed by atoms with Gasteiger partial charge in [0.25, 0.3) is 5.88 Å². The van der Waals surface area contributed by atoms with Gasteiger partial charge in [0.2, 0.25) is 5.91 Å². The fourth-order valence-corrected chi connectivity index (χ4v) is 4.95. The highest BCUT2D eigenvalue weighted by molar-refractivity contribution is 7.88. The van der Waals surface area contributed by atoms with Crippen molar-refractivity contribution in [3.63, 3.8) is 0 Å². The molecule has 1 amide bonds. The van der Waals surface area contributed by atoms with E-state index in [0.29, 0.717) is 43.1 Å². The largest absolute Gasteiger partial charge is 0.534 e. The summed E-state index contributed by atoms with van der Waals surface area (Å²) in [5.41, 5.74) is -5.76. The fourth-order valence-electron chi connectivity index (χ4n) is 3.62. The molecule has 0 radical (unpaired) electrons. The number of halogens is 6. The summed E-state index contributed by atoms with van der Waals surface area (Å²) >= 11 is 0.539. The lowest BCUT2D eigenvalue weighted by Crippen LogP contribution is -2.37. The monoisotopic (exact) mass is 712 g/mol. The second-order valence-electron chi connectivity index (χ2n) is 8.44. The number of amides is 1. The number of fused-ring (bicyclic) bond motifs is 2. The van der Waals surface area contributed by atoms with Gasteiger partial charge in [0.1, 0.15) is 28.5 Å². The maximum Gasteiger partial charge on any atom is 0.534 e. The predicted octanol–water partition coefficient (Wildman–Crippen LogP) is 7.30. The number of ether oxygens (including phenoxy) is 2. The highest BCUT2D eigenvalue weighted by atomic mass is 32.2. The van der Waals surface area contributed by atoms with Crippen molar-refractivity contribution in [2.45, 2.75) is 39.4 Å². The maximum absolute atomic E-state index is 14.6. The molecule has 4 rings (SSSR count). The topological polar surface area (TPSA) is 113 Å². The number of carbonyl (C=O) groups is 1. The molecule has 0 unspecified atom stereocenters. The molecule has 4 heterocycles. The molecule has 1 aliphatic rings. The molecule has 0 aromatic carbocycles. The summed E-state index contributed by atoms with van der Waals surface area (Å²) in [5.74, 6) is -2.30. The summed E-state index contributed by atoms with van der Waals surface area (Å²) in [4.78, 5) is 17.3. The first-order valence-corrected chi connectivity index (χ1v) is 15.9. The molecule has 3 aromatic heterocycles. The predicted molar refractivity (Wildman–Crippen MR) is 167 cm³/mol. The van der Waals surface area contributed by atoms with Gasteiger partial charge in [0.15, 0.2) is 0 Å². The number of carbonyl (C=O) groups excluding carboxylic acids is 1. The lowest BCUT2D eigenvalue weighted by atomic mass is 10.1. The first kappa shape index (κ1) is 40.9. The van der Waals surface area contributed by atoms with Gasteiger partial charge in [0, 0.05) is 30.0 Å². The maximum atomic E-state index is 14.6. The van der Waals surface area contributed by atoms with Crippen LogP contribution >= 0.6 is 11.3 Å². The van der Waals surface area contributed by atoms with E-state index in [2.05, 4.69) is 32.2 Å². The molecule has 0 N–H and O–H groups in total. The van der Waals surface area contributed by atoms with E-state index in [1.807, 2.05) is 13.8 Å². The minimum Gasteiger partial charge on any atom is -0.499 e. The Balaban J connectivity index is 0.000000726. The molecular formula is C29H34F6N4O6S2. The smallest absolute Gasteiger partial charge is 0.499 e. The number of thiophene rings is 1. The number of allylic oxidation sites excluding steroid dienone is 1. The van der Waals surface area contributed by atoms with Gasteiger partial charge in [-0.2, -0.15) is 26.7 Å². The van der Waals surface area contributed by atoms with Gasteiger partial charge in [-0.25, -0.2) is 18.2 Å². The van der Waals surface area contributed by atoms with Crippen molar-refractivity contribution >= 4 is 43.5 Å². The molecule has 0 fully saturated rings. The minimum atomic E-state index is -6.13. The Bertz CT molecular complexity index is 1650. The average Bonchev–Trinajstić information content (AvgIpc) is 3.66. The van der Waals surface area contributed by atoms with Gasteiger partial charge in [-0.15, -0.1) is 11.3 Å². The zero-order valence-electron chi connectivity index (χ0n) is 25.9. The van der Waals surface area contributed by atoms with Crippen LogP contribution in [-0.4, -0.2) is 66.4 Å². The van der Waals surface area contributed by atoms with Gasteiger partial charge in [-0.3, -0.25) is 9.48 Å². The third-order valence-corrected chi connectivity index (χ3v) is 7.44. The van der Waals surface area contributed by atoms with Crippen molar-refractivity contribution in [1.29, 1.82) is 0 Å². The van der Waals surface area contributed by atoms with E-state index in [1.165, 1.54) is 28.0 Å². The fraction of sp³-hybridized carbons (Fsp3) is 0.345. The van der Waals surface area contributed by atoms with Crippen LogP contribution in [0, 0.1) is 5.82 Å². The lowest BCUT2D eigenvalue weighted by molar-refractivity contribution is -0.127. The first-order valence-electron chi connectivity index (χ1n) is 13.6. The van der Waals surface area contributed by atoms with Crippen LogP contribution in [0.25, 0.3) is 27.6 Å². The molecular weight excluding hydrogens is 678 g/mol. The van der Waals surface area contributed by atoms with E-state index >= 15 is 0 Å². The van der Waals surface area contributed by atoms with Crippen LogP contribution in [0.5, 0.6) is 5.88 Å². The van der Waals surface area contributed by atoms with Crippen molar-refractivity contribution in [3.8, 4) is 17.3 Å². The Morgan fingerprint density at radius 3 is 2.34 bits per heavy atom. The van der Waals surface area contributed by atoms with Crippen molar-refractivity contribution in [2.24, 2.45) is 0 Å². The van der Waals surface area contributed by atoms with Gasteiger partial charge in [0.05, 0.1) is 44.3 Å². The highest BCUT2D eigenvalue weighted by Gasteiger charge is 2.49. The number of alkyl halides is 3. The number of aromatic nitrogens is 3. The van der Waals surface area contributed by atoms with E-state index in [-0.39, 0.29) is 52.4 Å². The molecule has 1 aliphatic heterocycles. The summed E-state index contributed by atoms with van der Waals surface area (Å²) in [5, 5.41) is 4.79. The summed E-state index contributed by atoms with van der Waals surface area (Å²) in [7, 11) is -4.50. The van der Waals surface area contributed by atoms with E-state index < -0.39 is 27.3 Å². The first-order chi connectivity index (χ1) is 22.3. The van der Waals surface area contributed by atoms with Crippen LogP contribution in [0.3, 0.4) is 0 Å². The summed E-state index contributed by atoms with van der Waals surface area (Å²) in [6.45, 7) is 14.3. The van der Waals surface area contributed by atoms with Gasteiger partial charge in [-0.05, 0) is 25.1 Å². The highest BCUT2D eigenvalue weighted by Crippen LogP contribution is 2.41. The van der Waals surface area contributed by atoms with E-state index in [4.69, 9.17) is 4.74 Å². The Labute approximate surface area is 272 Å². The third-order valence-electron chi connectivity index (χ3n) is 5.56. The SMILES string of the molecule is C/C=C/F.C=CC(=O)N1CCn2nc(-c3nc(OS(=O)(=O)C(F)(F)F)c4scc(F)c4c3C=CF)cc2C1.C=COCCOC.CC. The molecule has 260 valence electrons. The molecule has 0 bridgehead atoms. The number of methoxy groups -OCH3 is 1. The Kier molecular flexibility index (Phi) is 16.9. The molecule has 0 spiro atoms. The van der Waals surface area contributed by atoms with Gasteiger partial charge in [-0.1, -0.05) is 33.1 Å². The minimum absolute atomic E-state index is 0.0160. The molecule has 47 heavy (non-hydrogen) atoms. The summed E-state index contributed by atoms with van der Waals surface area (Å²) < 4.78 is 115. The third kappa shape index (κ3) is 11.0. The number of pyridine rings is 1. The second-order valence-corrected chi connectivity index (χ2v) is 10.9. The molecule has 0 saturated carbocycles. The molecule has 0 atom stereocenters. The van der Waals surface area contributed by atoms with E-state index in [9.17, 15) is 39.6 Å². The van der Waals surface area contributed by atoms with Crippen molar-refractivity contribution < 1.29 is 53.2 Å². The van der Waals surface area contributed by atoms with Gasteiger partial charge >= 0.3 is 15.6 Å². The normalized spacial score (nSPS) is 12.7. The number of nitrogens with zero attached hydrogens (tertiary/aromatic N) is 4. The van der Waals surface area contributed by atoms with Crippen molar-refractivity contribution in [1.82, 2.24) is 19.7 Å². The summed E-state index contributed by atoms with van der Waals surface area (Å²) in [6.07, 6.45) is 5.27. The Hall–Kier alpha value is -4.16. The van der Waals surface area contributed by atoms with Crippen molar-refractivity contribution in [2.75, 3.05) is 26.9 Å². The summed E-state index contributed by atoms with van der Waals surface area (Å²) in [6, 6.07) is 1.43. The van der Waals surface area contributed by atoms with Crippen LogP contribution < -0.4 is 4.18 Å². The molecule has 18 heteroatoms. The molecule has 0 saturated heterocycles. The Morgan fingerprint density at radius 2 is 1.81 bits per heavy atom. The number of rotatable bonds is 9. The standard InChI is InChI=1S/C19H13F5N4O4S2.C5H10O2.C3H5F.C2H6/c1-2-14(29)27-5-6-28-10(8-27)7-13(26-28)16-11(3-4-20)15-12(21)9-33-17(15)18(25-16)32-34(30,31)19(22,23)24;1-3-7-5-4-6-2;1-2-3-4;1-2/h2-4,7,9H,1,5-6,8H2;3H,1,4-5H2,2H3;2-3H,1H3;1-2H3/b;;3-2+;. The van der Waals surface area contributed by atoms with Crippen LogP contribution in [-0.2, 0) is 37.5 Å². The molecule has 3 aromatic rings. The zero-order chi connectivity index (χ0) is 35.8. The van der Waals surface area contributed by atoms with E-state index in [0.717, 1.165) is 17.5 Å². The lowest BCUT2D eigenvalue weighted by Gasteiger charge is -2.26. The second kappa shape index (κ2) is 19.5. The molecule has 10 nitrogen and oxygen atoms in total. The number of hydrogen-bond donors (Lipinski definition) is 0. The zero-order valence-corrected chi connectivity index (χ0v) is 27.5. The quantitative estimate of drug-likeness (QED) is 0.0568. The average molecular weight is 713 g/mol. The van der Waals surface area contributed by atoms with Crippen LogP contribution in [0.15, 0.2) is 55.7 Å². The molecule has 0 aliphatic carbocycles. The van der Waals surface area contributed by atoms with Crippen LogP contribution in [0.4, 0.5) is 26.3 Å². The Morgan fingerprint density at radius 1 is 1.15 bits per heavy atom. The van der Waals surface area contributed by atoms with Crippen LogP contribution in [0.2, 0.25) is 0 Å². The van der Waals surface area contributed by atoms with Crippen LogP contribution in [0.1, 0.15) is 32.0 Å². The van der Waals surface area contributed by atoms with E-state index in [1.54, 1.807) is 14.0 Å².